The van der Waals surface area contributed by atoms with Gasteiger partial charge in [-0.15, -0.1) is 0 Å². The summed E-state index contributed by atoms with van der Waals surface area (Å²) < 4.78 is 0. The number of H-pyrrole nitrogens is 1. The molecule has 2 heterocycles. The Morgan fingerprint density at radius 1 is 1.35 bits per heavy atom. The number of aromatic amines is 1. The summed E-state index contributed by atoms with van der Waals surface area (Å²) in [4.78, 5) is 14.7. The van der Waals surface area contributed by atoms with E-state index in [0.717, 1.165) is 36.2 Å². The molecule has 1 aliphatic heterocycles. The third kappa shape index (κ3) is 3.79. The number of carbonyl (C=O) groups is 1. The molecule has 0 aliphatic carbocycles. The average Bonchev–Trinajstić information content (AvgIpc) is 3.10. The number of aromatic nitrogens is 2. The van der Waals surface area contributed by atoms with Gasteiger partial charge >= 0.3 is 0 Å². The fourth-order valence-electron chi connectivity index (χ4n) is 3.08. The van der Waals surface area contributed by atoms with E-state index in [0.29, 0.717) is 12.6 Å². The highest BCUT2D eigenvalue weighted by atomic mass is 16.1. The number of hydrogen-bond donors (Lipinski definition) is 2. The Labute approximate surface area is 137 Å². The number of nitrogens with one attached hydrogen (secondary N) is 2. The number of benzene rings is 1. The number of hydrogen-bond acceptors (Lipinski definition) is 3. The van der Waals surface area contributed by atoms with Crippen molar-refractivity contribution < 1.29 is 4.79 Å². The van der Waals surface area contributed by atoms with Crippen molar-refractivity contribution in [2.45, 2.75) is 32.4 Å². The highest BCUT2D eigenvalue weighted by molar-refractivity contribution is 5.78. The highest BCUT2D eigenvalue weighted by Gasteiger charge is 2.27. The van der Waals surface area contributed by atoms with Gasteiger partial charge in [-0.2, -0.15) is 5.10 Å². The quantitative estimate of drug-likeness (QED) is 0.911. The Bertz CT molecular complexity index is 636. The molecule has 0 saturated carbocycles. The summed E-state index contributed by atoms with van der Waals surface area (Å²) in [6.45, 7) is 3.77. The summed E-state index contributed by atoms with van der Waals surface area (Å²) in [5, 5.41) is 9.99. The molecule has 0 spiro atoms. The second kappa shape index (κ2) is 6.96. The first kappa shape index (κ1) is 15.7. The van der Waals surface area contributed by atoms with Crippen LogP contribution in [0.2, 0.25) is 0 Å². The maximum Gasteiger partial charge on any atom is 0.223 e. The molecule has 2 aromatic rings. The summed E-state index contributed by atoms with van der Waals surface area (Å²) in [6.07, 6.45) is 3.64. The molecule has 122 valence electrons. The van der Waals surface area contributed by atoms with Crippen molar-refractivity contribution in [1.29, 1.82) is 0 Å². The Kier molecular flexibility index (Phi) is 4.76. The molecule has 2 atom stereocenters. The summed E-state index contributed by atoms with van der Waals surface area (Å²) in [7, 11) is 2.13. The summed E-state index contributed by atoms with van der Waals surface area (Å²) in [5.74, 6) is 0.327. The maximum absolute atomic E-state index is 12.3. The van der Waals surface area contributed by atoms with E-state index in [-0.39, 0.29) is 11.8 Å². The fraction of sp³-hybridized carbons (Fsp3) is 0.444. The zero-order chi connectivity index (χ0) is 16.2. The van der Waals surface area contributed by atoms with E-state index in [1.54, 1.807) is 6.20 Å². The number of rotatable bonds is 4. The third-order valence-electron chi connectivity index (χ3n) is 4.81. The largest absolute Gasteiger partial charge is 0.352 e. The van der Waals surface area contributed by atoms with Crippen molar-refractivity contribution in [3.8, 4) is 11.3 Å². The van der Waals surface area contributed by atoms with Crippen molar-refractivity contribution in [3.63, 3.8) is 0 Å². The molecule has 0 radical (unpaired) electrons. The van der Waals surface area contributed by atoms with E-state index in [1.165, 1.54) is 0 Å². The molecule has 5 heteroatoms. The minimum atomic E-state index is 0.144. The number of likely N-dealkylation sites (tertiary alicyclic amines) is 1. The van der Waals surface area contributed by atoms with Crippen molar-refractivity contribution in [2.75, 3.05) is 13.6 Å². The minimum Gasteiger partial charge on any atom is -0.352 e. The Balaban J connectivity index is 1.53. The van der Waals surface area contributed by atoms with Crippen LogP contribution in [0.1, 0.15) is 25.3 Å². The summed E-state index contributed by atoms with van der Waals surface area (Å²) >= 11 is 0. The number of carbonyl (C=O) groups excluding carboxylic acids is 1. The number of piperidine rings is 1. The third-order valence-corrected chi connectivity index (χ3v) is 4.81. The SMILES string of the molecule is C[C@H]1C[C@@H](C(=O)NCc2ccc(-c3ccn[nH]3)cc2)CCN1C. The van der Waals surface area contributed by atoms with E-state index in [1.807, 2.05) is 30.3 Å². The van der Waals surface area contributed by atoms with Crippen molar-refractivity contribution in [3.05, 3.63) is 42.1 Å². The summed E-state index contributed by atoms with van der Waals surface area (Å²) in [6, 6.07) is 10.6. The topological polar surface area (TPSA) is 61.0 Å². The molecular formula is C18H24N4O. The number of nitrogens with zero attached hydrogens (tertiary/aromatic N) is 2. The molecule has 0 unspecified atom stereocenters. The predicted molar refractivity (Wildman–Crippen MR) is 90.7 cm³/mol. The molecule has 1 aromatic heterocycles. The van der Waals surface area contributed by atoms with Crippen molar-refractivity contribution >= 4 is 5.91 Å². The molecule has 3 rings (SSSR count). The standard InChI is InChI=1S/C18H24N4O/c1-13-11-16(8-10-22(13)2)18(23)19-12-14-3-5-15(6-4-14)17-7-9-20-21-17/h3-7,9,13,16H,8,10-12H2,1-2H3,(H,19,23)(H,20,21)/t13-,16-/m0/s1. The molecule has 1 amide bonds. The van der Waals surface area contributed by atoms with Gasteiger partial charge in [-0.3, -0.25) is 9.89 Å². The lowest BCUT2D eigenvalue weighted by molar-refractivity contribution is -0.127. The molecule has 5 nitrogen and oxygen atoms in total. The highest BCUT2D eigenvalue weighted by Crippen LogP contribution is 2.22. The van der Waals surface area contributed by atoms with Gasteiger partial charge in [0.1, 0.15) is 0 Å². The van der Waals surface area contributed by atoms with Gasteiger partial charge in [-0.25, -0.2) is 0 Å². The van der Waals surface area contributed by atoms with Gasteiger partial charge in [-0.1, -0.05) is 24.3 Å². The Morgan fingerprint density at radius 2 is 2.13 bits per heavy atom. The van der Waals surface area contributed by atoms with Crippen LogP contribution in [0, 0.1) is 5.92 Å². The molecule has 1 fully saturated rings. The first-order valence-corrected chi connectivity index (χ1v) is 8.20. The second-order valence-corrected chi connectivity index (χ2v) is 6.44. The van der Waals surface area contributed by atoms with Crippen LogP contribution < -0.4 is 5.32 Å². The molecule has 2 N–H and O–H groups in total. The van der Waals surface area contributed by atoms with Gasteiger partial charge in [0.05, 0.1) is 5.69 Å². The van der Waals surface area contributed by atoms with Crippen LogP contribution in [0.15, 0.2) is 36.5 Å². The molecule has 0 bridgehead atoms. The van der Waals surface area contributed by atoms with Gasteiger partial charge in [0.25, 0.3) is 0 Å². The van der Waals surface area contributed by atoms with Crippen LogP contribution in [0.5, 0.6) is 0 Å². The lowest BCUT2D eigenvalue weighted by Gasteiger charge is -2.34. The zero-order valence-corrected chi connectivity index (χ0v) is 13.7. The average molecular weight is 312 g/mol. The van der Waals surface area contributed by atoms with E-state index >= 15 is 0 Å². The normalized spacial score (nSPS) is 22.0. The van der Waals surface area contributed by atoms with Crippen LogP contribution in [-0.2, 0) is 11.3 Å². The van der Waals surface area contributed by atoms with Crippen molar-refractivity contribution in [2.24, 2.45) is 5.92 Å². The van der Waals surface area contributed by atoms with E-state index in [9.17, 15) is 4.79 Å². The zero-order valence-electron chi connectivity index (χ0n) is 13.7. The fourth-order valence-corrected chi connectivity index (χ4v) is 3.08. The number of amides is 1. The molecule has 1 saturated heterocycles. The molecule has 1 aromatic carbocycles. The predicted octanol–water partition coefficient (Wildman–Crippen LogP) is 2.42. The minimum absolute atomic E-state index is 0.144. The van der Waals surface area contributed by atoms with Gasteiger partial charge in [0, 0.05) is 24.7 Å². The van der Waals surface area contributed by atoms with Crippen LogP contribution in [0.4, 0.5) is 0 Å². The van der Waals surface area contributed by atoms with Gasteiger partial charge in [-0.05, 0) is 50.6 Å². The van der Waals surface area contributed by atoms with Crippen molar-refractivity contribution in [1.82, 2.24) is 20.4 Å². The monoisotopic (exact) mass is 312 g/mol. The van der Waals surface area contributed by atoms with Gasteiger partial charge < -0.3 is 10.2 Å². The van der Waals surface area contributed by atoms with Crippen LogP contribution in [0.25, 0.3) is 11.3 Å². The van der Waals surface area contributed by atoms with E-state index in [2.05, 4.69) is 34.4 Å². The molecule has 1 aliphatic rings. The lowest BCUT2D eigenvalue weighted by atomic mass is 9.91. The van der Waals surface area contributed by atoms with Crippen LogP contribution >= 0.6 is 0 Å². The Morgan fingerprint density at radius 3 is 2.78 bits per heavy atom. The van der Waals surface area contributed by atoms with E-state index in [4.69, 9.17) is 0 Å². The molecular weight excluding hydrogens is 288 g/mol. The van der Waals surface area contributed by atoms with Crippen LogP contribution in [-0.4, -0.2) is 40.6 Å². The second-order valence-electron chi connectivity index (χ2n) is 6.44. The van der Waals surface area contributed by atoms with Gasteiger partial charge in [0.2, 0.25) is 5.91 Å². The summed E-state index contributed by atoms with van der Waals surface area (Å²) in [5.41, 5.74) is 3.21. The lowest BCUT2D eigenvalue weighted by Crippen LogP contribution is -2.43. The van der Waals surface area contributed by atoms with E-state index < -0.39 is 0 Å². The van der Waals surface area contributed by atoms with Gasteiger partial charge in [0.15, 0.2) is 0 Å². The first-order chi connectivity index (χ1) is 11.1. The maximum atomic E-state index is 12.3. The first-order valence-electron chi connectivity index (χ1n) is 8.20. The van der Waals surface area contributed by atoms with Crippen LogP contribution in [0.3, 0.4) is 0 Å². The molecule has 23 heavy (non-hydrogen) atoms. The smallest absolute Gasteiger partial charge is 0.223 e. The Hall–Kier alpha value is -2.14.